The van der Waals surface area contributed by atoms with Gasteiger partial charge in [0.2, 0.25) is 5.91 Å². The van der Waals surface area contributed by atoms with Gasteiger partial charge in [-0.05, 0) is 42.5 Å². The highest BCUT2D eigenvalue weighted by Crippen LogP contribution is 2.38. The molecule has 3 unspecified atom stereocenters. The SMILES string of the molecule is CC(C)(C)CC(NC(=O)c1ccsc1)C(=O)NC12CCCC1OCC2=O. The minimum absolute atomic E-state index is 0.0517. The first-order valence-corrected chi connectivity index (χ1v) is 9.95. The topological polar surface area (TPSA) is 84.5 Å². The zero-order valence-corrected chi connectivity index (χ0v) is 16.3. The number of nitrogens with one attached hydrogen (secondary N) is 2. The number of rotatable bonds is 5. The van der Waals surface area contributed by atoms with Gasteiger partial charge in [0.05, 0.1) is 11.7 Å². The molecule has 1 saturated heterocycles. The number of fused-ring (bicyclic) bond motifs is 1. The second-order valence-electron chi connectivity index (χ2n) is 8.38. The second kappa shape index (κ2) is 7.12. The van der Waals surface area contributed by atoms with Crippen molar-refractivity contribution in [2.45, 2.75) is 64.1 Å². The highest BCUT2D eigenvalue weighted by Gasteiger charge is 2.55. The maximum absolute atomic E-state index is 13.0. The first-order valence-electron chi connectivity index (χ1n) is 9.01. The van der Waals surface area contributed by atoms with E-state index in [1.165, 1.54) is 11.3 Å². The number of ketones is 1. The van der Waals surface area contributed by atoms with Crippen molar-refractivity contribution in [2.75, 3.05) is 6.61 Å². The third-order valence-corrected chi connectivity index (χ3v) is 5.75. The van der Waals surface area contributed by atoms with Gasteiger partial charge in [-0.15, -0.1) is 0 Å². The molecule has 0 bridgehead atoms. The summed E-state index contributed by atoms with van der Waals surface area (Å²) in [5.74, 6) is -0.647. The van der Waals surface area contributed by atoms with Crippen molar-refractivity contribution in [1.29, 1.82) is 0 Å². The van der Waals surface area contributed by atoms with Crippen LogP contribution in [-0.4, -0.2) is 41.9 Å². The third kappa shape index (κ3) is 3.83. The molecular weight excluding hydrogens is 352 g/mol. The van der Waals surface area contributed by atoms with Gasteiger partial charge in [-0.3, -0.25) is 14.4 Å². The van der Waals surface area contributed by atoms with Gasteiger partial charge in [-0.2, -0.15) is 11.3 Å². The van der Waals surface area contributed by atoms with Crippen LogP contribution in [0.4, 0.5) is 0 Å². The first-order chi connectivity index (χ1) is 12.2. The summed E-state index contributed by atoms with van der Waals surface area (Å²) in [6, 6.07) is 1.03. The van der Waals surface area contributed by atoms with Crippen LogP contribution in [0.15, 0.2) is 16.8 Å². The number of carbonyl (C=O) groups is 3. The predicted octanol–water partition coefficient (Wildman–Crippen LogP) is 2.29. The van der Waals surface area contributed by atoms with Crippen molar-refractivity contribution < 1.29 is 19.1 Å². The fraction of sp³-hybridized carbons (Fsp3) is 0.632. The van der Waals surface area contributed by atoms with Gasteiger partial charge in [0, 0.05) is 5.38 Å². The number of hydrogen-bond acceptors (Lipinski definition) is 5. The van der Waals surface area contributed by atoms with Crippen LogP contribution in [0.3, 0.4) is 0 Å². The Kier molecular flexibility index (Phi) is 5.21. The molecule has 3 rings (SSSR count). The van der Waals surface area contributed by atoms with Crippen LogP contribution in [0.5, 0.6) is 0 Å². The summed E-state index contributed by atoms with van der Waals surface area (Å²) in [5, 5.41) is 9.37. The summed E-state index contributed by atoms with van der Waals surface area (Å²) in [7, 11) is 0. The molecule has 1 saturated carbocycles. The molecule has 0 aromatic carbocycles. The molecule has 7 heteroatoms. The van der Waals surface area contributed by atoms with Crippen molar-refractivity contribution in [1.82, 2.24) is 10.6 Å². The van der Waals surface area contributed by atoms with E-state index in [0.717, 1.165) is 12.8 Å². The smallest absolute Gasteiger partial charge is 0.252 e. The number of amides is 2. The van der Waals surface area contributed by atoms with E-state index in [9.17, 15) is 14.4 Å². The molecule has 6 nitrogen and oxygen atoms in total. The molecule has 3 atom stereocenters. The van der Waals surface area contributed by atoms with E-state index in [0.29, 0.717) is 18.4 Å². The third-order valence-electron chi connectivity index (χ3n) is 5.07. The Morgan fingerprint density at radius 1 is 1.42 bits per heavy atom. The summed E-state index contributed by atoms with van der Waals surface area (Å²) in [5.41, 5.74) is -0.536. The summed E-state index contributed by atoms with van der Waals surface area (Å²) in [6.07, 6.45) is 2.45. The van der Waals surface area contributed by atoms with Crippen molar-refractivity contribution in [2.24, 2.45) is 5.41 Å². The van der Waals surface area contributed by atoms with Crippen molar-refractivity contribution in [3.8, 4) is 0 Å². The molecule has 1 aromatic heterocycles. The van der Waals surface area contributed by atoms with Crippen molar-refractivity contribution >= 4 is 28.9 Å². The summed E-state index contributed by atoms with van der Waals surface area (Å²) >= 11 is 1.43. The molecule has 2 aliphatic rings. The second-order valence-corrected chi connectivity index (χ2v) is 9.16. The lowest BCUT2D eigenvalue weighted by Crippen LogP contribution is -2.60. The zero-order valence-electron chi connectivity index (χ0n) is 15.5. The zero-order chi connectivity index (χ0) is 18.9. The Morgan fingerprint density at radius 3 is 2.85 bits per heavy atom. The van der Waals surface area contributed by atoms with E-state index < -0.39 is 11.6 Å². The van der Waals surface area contributed by atoms with Crippen molar-refractivity contribution in [3.63, 3.8) is 0 Å². The van der Waals surface area contributed by atoms with Crippen LogP contribution in [0.1, 0.15) is 56.8 Å². The Bertz CT molecular complexity index is 695. The molecule has 142 valence electrons. The highest BCUT2D eigenvalue weighted by molar-refractivity contribution is 7.08. The standard InChI is InChI=1S/C19H26N2O4S/c1-18(2,3)9-13(20-16(23)12-6-8-26-11-12)17(24)21-19-7-4-5-15(19)25-10-14(19)22/h6,8,11,13,15H,4-5,7,9-10H2,1-3H3,(H,20,23)(H,21,24). The number of Topliss-reactive ketones (excluding diaryl/α,β-unsaturated/α-hetero) is 1. The van der Waals surface area contributed by atoms with Crippen LogP contribution in [-0.2, 0) is 14.3 Å². The fourth-order valence-electron chi connectivity index (χ4n) is 3.80. The van der Waals surface area contributed by atoms with E-state index in [1.807, 2.05) is 26.2 Å². The van der Waals surface area contributed by atoms with Gasteiger partial charge in [0.25, 0.3) is 5.91 Å². The number of ether oxygens (including phenoxy) is 1. The molecule has 1 aliphatic heterocycles. The maximum Gasteiger partial charge on any atom is 0.252 e. The highest BCUT2D eigenvalue weighted by atomic mass is 32.1. The largest absolute Gasteiger partial charge is 0.367 e. The van der Waals surface area contributed by atoms with Gasteiger partial charge in [-0.25, -0.2) is 0 Å². The van der Waals surface area contributed by atoms with Crippen LogP contribution >= 0.6 is 11.3 Å². The number of hydrogen-bond donors (Lipinski definition) is 2. The van der Waals surface area contributed by atoms with Crippen LogP contribution in [0.2, 0.25) is 0 Å². The van der Waals surface area contributed by atoms with E-state index in [4.69, 9.17) is 4.74 Å². The maximum atomic E-state index is 13.0. The molecule has 0 radical (unpaired) electrons. The average Bonchev–Trinajstić information content (AvgIpc) is 3.25. The lowest BCUT2D eigenvalue weighted by Gasteiger charge is -2.32. The lowest BCUT2D eigenvalue weighted by molar-refractivity contribution is -0.131. The summed E-state index contributed by atoms with van der Waals surface area (Å²) in [4.78, 5) is 37.9. The molecule has 2 amide bonds. The van der Waals surface area contributed by atoms with Gasteiger partial charge in [0.1, 0.15) is 18.2 Å². The molecule has 2 N–H and O–H groups in total. The van der Waals surface area contributed by atoms with E-state index in [1.54, 1.807) is 11.4 Å². The van der Waals surface area contributed by atoms with Crippen LogP contribution < -0.4 is 10.6 Å². The minimum atomic E-state index is -0.916. The number of thiophene rings is 1. The van der Waals surface area contributed by atoms with Crippen LogP contribution in [0.25, 0.3) is 0 Å². The number of carbonyl (C=O) groups excluding carboxylic acids is 3. The first kappa shape index (κ1) is 19.0. The Morgan fingerprint density at radius 2 is 2.19 bits per heavy atom. The molecule has 1 aliphatic carbocycles. The van der Waals surface area contributed by atoms with Gasteiger partial charge < -0.3 is 15.4 Å². The molecule has 1 aromatic rings. The Balaban J connectivity index is 1.76. The van der Waals surface area contributed by atoms with Crippen LogP contribution in [0, 0.1) is 5.41 Å². The van der Waals surface area contributed by atoms with E-state index in [2.05, 4.69) is 10.6 Å². The molecular formula is C19H26N2O4S. The van der Waals surface area contributed by atoms with Gasteiger partial charge in [-0.1, -0.05) is 20.8 Å². The summed E-state index contributed by atoms with van der Waals surface area (Å²) < 4.78 is 5.56. The minimum Gasteiger partial charge on any atom is -0.367 e. The predicted molar refractivity (Wildman–Crippen MR) is 99.1 cm³/mol. The quantitative estimate of drug-likeness (QED) is 0.823. The molecule has 0 spiro atoms. The van der Waals surface area contributed by atoms with Crippen molar-refractivity contribution in [3.05, 3.63) is 22.4 Å². The Hall–Kier alpha value is -1.73. The lowest BCUT2D eigenvalue weighted by atomic mass is 9.86. The van der Waals surface area contributed by atoms with Gasteiger partial charge >= 0.3 is 0 Å². The molecule has 26 heavy (non-hydrogen) atoms. The summed E-state index contributed by atoms with van der Waals surface area (Å²) in [6.45, 7) is 6.11. The normalized spacial score (nSPS) is 26.4. The molecule has 2 heterocycles. The fourth-order valence-corrected chi connectivity index (χ4v) is 4.44. The van der Waals surface area contributed by atoms with E-state index >= 15 is 0 Å². The van der Waals surface area contributed by atoms with E-state index in [-0.39, 0.29) is 35.7 Å². The molecule has 2 fully saturated rings. The van der Waals surface area contributed by atoms with Gasteiger partial charge in [0.15, 0.2) is 5.78 Å². The average molecular weight is 378 g/mol. The Labute approximate surface area is 157 Å². The monoisotopic (exact) mass is 378 g/mol.